The van der Waals surface area contributed by atoms with Gasteiger partial charge in [-0.2, -0.15) is 0 Å². The molecule has 2 heteroatoms. The predicted octanol–water partition coefficient (Wildman–Crippen LogP) is 1.49. The average Bonchev–Trinajstić information content (AvgIpc) is 2.04. The van der Waals surface area contributed by atoms with Crippen molar-refractivity contribution in [3.05, 3.63) is 37.1 Å². The van der Waals surface area contributed by atoms with Crippen molar-refractivity contribution in [3.63, 3.8) is 0 Å². The number of likely N-dealkylation sites (tertiary alicyclic amines) is 2. The summed E-state index contributed by atoms with van der Waals surface area (Å²) in [4.78, 5) is 4.71. The van der Waals surface area contributed by atoms with Gasteiger partial charge in [-0.15, -0.1) is 0 Å². The van der Waals surface area contributed by atoms with E-state index in [1.165, 1.54) is 26.2 Å². The molecule has 2 nitrogen and oxygen atoms in total. The maximum atomic E-state index is 4.03. The largest absolute Gasteiger partial charge is 0.371 e. The second kappa shape index (κ2) is 3.28. The monoisotopic (exact) mass is 190 g/mol. The van der Waals surface area contributed by atoms with Crippen LogP contribution < -0.4 is 0 Å². The highest BCUT2D eigenvalue weighted by Gasteiger charge is 2.50. The Morgan fingerprint density at radius 2 is 1.93 bits per heavy atom. The molecule has 76 valence electrons. The Bertz CT molecular complexity index is 277. The minimum absolute atomic E-state index is 0.597. The second-order valence-electron chi connectivity index (χ2n) is 4.61. The van der Waals surface area contributed by atoms with Crippen LogP contribution in [0.1, 0.15) is 0 Å². The number of hydrogen-bond donors (Lipinski definition) is 0. The molecule has 0 atom stereocenters. The average molecular weight is 190 g/mol. The van der Waals surface area contributed by atoms with Gasteiger partial charge < -0.3 is 9.80 Å². The first-order valence-electron chi connectivity index (χ1n) is 5.07. The lowest BCUT2D eigenvalue weighted by molar-refractivity contribution is -0.0869. The fraction of sp³-hybridized carbons (Fsp3) is 0.500. The van der Waals surface area contributed by atoms with Gasteiger partial charge in [-0.05, 0) is 13.1 Å². The predicted molar refractivity (Wildman–Crippen MR) is 60.0 cm³/mol. The Kier molecular flexibility index (Phi) is 2.23. The van der Waals surface area contributed by atoms with Gasteiger partial charge in [0.25, 0.3) is 0 Å². The lowest BCUT2D eigenvalue weighted by atomic mass is 9.73. The molecule has 14 heavy (non-hydrogen) atoms. The zero-order chi connectivity index (χ0) is 10.2. The molecule has 2 saturated heterocycles. The van der Waals surface area contributed by atoms with Crippen molar-refractivity contribution < 1.29 is 0 Å². The zero-order valence-electron chi connectivity index (χ0n) is 8.87. The standard InChI is InChI=1S/C12H18N2/c1-4-5-6-11(2)14-9-12(10-14)7-13(3)8-12/h4-6H,1-2,7-10H2,3H3/b6-5-. The van der Waals surface area contributed by atoms with Crippen LogP contribution in [0.25, 0.3) is 0 Å². The number of hydrogen-bond acceptors (Lipinski definition) is 2. The van der Waals surface area contributed by atoms with Crippen LogP contribution in [-0.2, 0) is 0 Å². The molecule has 2 rings (SSSR count). The number of nitrogens with zero attached hydrogens (tertiary/aromatic N) is 2. The summed E-state index contributed by atoms with van der Waals surface area (Å²) < 4.78 is 0. The van der Waals surface area contributed by atoms with E-state index in [0.717, 1.165) is 5.70 Å². The maximum Gasteiger partial charge on any atom is 0.0307 e. The third-order valence-corrected chi connectivity index (χ3v) is 3.09. The van der Waals surface area contributed by atoms with Crippen LogP contribution in [-0.4, -0.2) is 43.0 Å². The smallest absolute Gasteiger partial charge is 0.0307 e. The molecule has 0 aromatic rings. The van der Waals surface area contributed by atoms with Gasteiger partial charge in [0, 0.05) is 37.3 Å². The zero-order valence-corrected chi connectivity index (χ0v) is 8.87. The van der Waals surface area contributed by atoms with Crippen molar-refractivity contribution in [1.29, 1.82) is 0 Å². The van der Waals surface area contributed by atoms with Gasteiger partial charge in [-0.3, -0.25) is 0 Å². The van der Waals surface area contributed by atoms with E-state index in [2.05, 4.69) is 30.0 Å². The van der Waals surface area contributed by atoms with Crippen molar-refractivity contribution in [2.75, 3.05) is 33.2 Å². The highest BCUT2D eigenvalue weighted by molar-refractivity contribution is 5.22. The molecule has 2 aliphatic rings. The first kappa shape index (κ1) is 9.53. The highest BCUT2D eigenvalue weighted by Crippen LogP contribution is 2.40. The summed E-state index contributed by atoms with van der Waals surface area (Å²) in [5.41, 5.74) is 1.71. The van der Waals surface area contributed by atoms with E-state index in [-0.39, 0.29) is 0 Å². The third-order valence-electron chi connectivity index (χ3n) is 3.09. The van der Waals surface area contributed by atoms with E-state index in [9.17, 15) is 0 Å². The summed E-state index contributed by atoms with van der Waals surface area (Å²) in [6.07, 6.45) is 5.76. The van der Waals surface area contributed by atoms with E-state index in [0.29, 0.717) is 5.41 Å². The molecule has 2 fully saturated rings. The molecule has 0 aliphatic carbocycles. The van der Waals surface area contributed by atoms with Crippen LogP contribution in [0.5, 0.6) is 0 Å². The van der Waals surface area contributed by atoms with Gasteiger partial charge in [0.05, 0.1) is 0 Å². The Balaban J connectivity index is 1.80. The van der Waals surface area contributed by atoms with Crippen molar-refractivity contribution in [1.82, 2.24) is 9.80 Å². The first-order chi connectivity index (χ1) is 6.65. The molecule has 0 unspecified atom stereocenters. The van der Waals surface area contributed by atoms with Crippen molar-refractivity contribution >= 4 is 0 Å². The lowest BCUT2D eigenvalue weighted by Gasteiger charge is -2.60. The lowest BCUT2D eigenvalue weighted by Crippen LogP contribution is -2.70. The van der Waals surface area contributed by atoms with Gasteiger partial charge in [-0.25, -0.2) is 0 Å². The van der Waals surface area contributed by atoms with Crippen molar-refractivity contribution in [3.8, 4) is 0 Å². The molecule has 0 aromatic carbocycles. The molecule has 2 heterocycles. The van der Waals surface area contributed by atoms with Gasteiger partial charge >= 0.3 is 0 Å². The van der Waals surface area contributed by atoms with Crippen LogP contribution in [0.2, 0.25) is 0 Å². The summed E-state index contributed by atoms with van der Waals surface area (Å²) in [6, 6.07) is 0. The fourth-order valence-electron chi connectivity index (χ4n) is 2.55. The quantitative estimate of drug-likeness (QED) is 0.622. The normalized spacial score (nSPS) is 24.8. The van der Waals surface area contributed by atoms with Crippen molar-refractivity contribution in [2.24, 2.45) is 5.41 Å². The Morgan fingerprint density at radius 3 is 2.43 bits per heavy atom. The van der Waals surface area contributed by atoms with Gasteiger partial charge in [0.15, 0.2) is 0 Å². The summed E-state index contributed by atoms with van der Waals surface area (Å²) in [5, 5.41) is 0. The minimum Gasteiger partial charge on any atom is -0.371 e. The van der Waals surface area contributed by atoms with Crippen molar-refractivity contribution in [2.45, 2.75) is 0 Å². The van der Waals surface area contributed by atoms with E-state index >= 15 is 0 Å². The van der Waals surface area contributed by atoms with Crippen LogP contribution in [0.3, 0.4) is 0 Å². The molecule has 0 bridgehead atoms. The van der Waals surface area contributed by atoms with Crippen LogP contribution in [0, 0.1) is 5.41 Å². The Hall–Kier alpha value is -1.02. The SMILES string of the molecule is C=C/C=C\C(=C)N1CC2(CN(C)C2)C1. The molecule has 0 radical (unpaired) electrons. The fourth-order valence-corrected chi connectivity index (χ4v) is 2.55. The molecule has 0 amide bonds. The molecular formula is C12H18N2. The number of rotatable bonds is 3. The Labute approximate surface area is 86.2 Å². The van der Waals surface area contributed by atoms with Crippen LogP contribution in [0.15, 0.2) is 37.1 Å². The van der Waals surface area contributed by atoms with Gasteiger partial charge in [0.2, 0.25) is 0 Å². The Morgan fingerprint density at radius 1 is 1.29 bits per heavy atom. The van der Waals surface area contributed by atoms with E-state index < -0.39 is 0 Å². The molecular weight excluding hydrogens is 172 g/mol. The van der Waals surface area contributed by atoms with E-state index in [4.69, 9.17) is 0 Å². The summed E-state index contributed by atoms with van der Waals surface area (Å²) in [6.45, 7) is 12.5. The highest BCUT2D eigenvalue weighted by atomic mass is 15.3. The molecule has 0 N–H and O–H groups in total. The molecule has 0 saturated carbocycles. The van der Waals surface area contributed by atoms with Gasteiger partial charge in [0.1, 0.15) is 0 Å². The van der Waals surface area contributed by atoms with E-state index in [1.54, 1.807) is 6.08 Å². The second-order valence-corrected chi connectivity index (χ2v) is 4.61. The molecule has 0 aromatic heterocycles. The van der Waals surface area contributed by atoms with E-state index in [1.807, 2.05) is 12.2 Å². The maximum absolute atomic E-state index is 4.03. The number of allylic oxidation sites excluding steroid dienone is 3. The third kappa shape index (κ3) is 1.50. The van der Waals surface area contributed by atoms with Crippen LogP contribution in [0.4, 0.5) is 0 Å². The van der Waals surface area contributed by atoms with Gasteiger partial charge in [-0.1, -0.05) is 25.3 Å². The summed E-state index contributed by atoms with van der Waals surface area (Å²) in [5.74, 6) is 0. The molecule has 2 aliphatic heterocycles. The summed E-state index contributed by atoms with van der Waals surface area (Å²) in [7, 11) is 2.18. The summed E-state index contributed by atoms with van der Waals surface area (Å²) >= 11 is 0. The topological polar surface area (TPSA) is 6.48 Å². The minimum atomic E-state index is 0.597. The molecule has 1 spiro atoms. The first-order valence-corrected chi connectivity index (χ1v) is 5.07. The van der Waals surface area contributed by atoms with Crippen LogP contribution >= 0.6 is 0 Å².